The monoisotopic (exact) mass is 379 g/mol. The Morgan fingerprint density at radius 3 is 2.81 bits per heavy atom. The summed E-state index contributed by atoms with van der Waals surface area (Å²) in [5.74, 6) is -0.319. The maximum absolute atomic E-state index is 14.8. The maximum atomic E-state index is 14.8. The normalized spacial score (nSPS) is 21.3. The molecule has 2 saturated heterocycles. The second-order valence-electron chi connectivity index (χ2n) is 6.83. The number of Topliss-reactive ketones (excluding diaryl/α,β-unsaturated/α-hetero) is 1. The molecule has 0 spiro atoms. The molecule has 0 radical (unpaired) electrons. The van der Waals surface area contributed by atoms with Gasteiger partial charge in [0.15, 0.2) is 0 Å². The minimum Gasteiger partial charge on any atom is -0.444 e. The molecule has 8 heteroatoms. The van der Waals surface area contributed by atoms with Gasteiger partial charge >= 0.3 is 6.09 Å². The van der Waals surface area contributed by atoms with Crippen molar-refractivity contribution in [1.29, 1.82) is 0 Å². The maximum Gasteiger partial charge on any atom is 0.414 e. The molecule has 0 bridgehead atoms. The average Bonchev–Trinajstić information content (AvgIpc) is 2.86. The van der Waals surface area contributed by atoms with Crippen LogP contribution in [-0.4, -0.2) is 62.4 Å². The highest BCUT2D eigenvalue weighted by Gasteiger charge is 2.32. The van der Waals surface area contributed by atoms with Crippen LogP contribution in [0.15, 0.2) is 18.2 Å². The second-order valence-corrected chi connectivity index (χ2v) is 6.83. The third kappa shape index (κ3) is 4.75. The van der Waals surface area contributed by atoms with Crippen LogP contribution in [-0.2, 0) is 14.4 Å². The summed E-state index contributed by atoms with van der Waals surface area (Å²) in [7, 11) is 0. The van der Waals surface area contributed by atoms with E-state index in [1.165, 1.54) is 17.9 Å². The summed E-state index contributed by atoms with van der Waals surface area (Å²) in [4.78, 5) is 32.2. The number of benzene rings is 1. The van der Waals surface area contributed by atoms with E-state index in [0.717, 1.165) is 6.54 Å². The quantitative estimate of drug-likeness (QED) is 0.757. The fourth-order valence-corrected chi connectivity index (χ4v) is 3.35. The lowest BCUT2D eigenvalue weighted by Crippen LogP contribution is -2.31. The zero-order valence-corrected chi connectivity index (χ0v) is 15.8. The van der Waals surface area contributed by atoms with Crippen molar-refractivity contribution in [2.75, 3.05) is 49.1 Å². The molecule has 0 aliphatic carbocycles. The minimum absolute atomic E-state index is 0.0583. The molecule has 27 heavy (non-hydrogen) atoms. The van der Waals surface area contributed by atoms with Gasteiger partial charge in [-0.1, -0.05) is 6.92 Å². The van der Waals surface area contributed by atoms with Gasteiger partial charge in [-0.2, -0.15) is 5.06 Å². The third-order valence-corrected chi connectivity index (χ3v) is 4.88. The van der Waals surface area contributed by atoms with E-state index in [-0.39, 0.29) is 17.7 Å². The van der Waals surface area contributed by atoms with Crippen molar-refractivity contribution >= 4 is 23.3 Å². The first kappa shape index (κ1) is 19.6. The molecule has 1 amide bonds. The number of hydrogen-bond acceptors (Lipinski definition) is 6. The van der Waals surface area contributed by atoms with Crippen molar-refractivity contribution < 1.29 is 23.6 Å². The number of carbonyl (C=O) groups excluding carboxylic acids is 2. The van der Waals surface area contributed by atoms with Crippen molar-refractivity contribution in [1.82, 2.24) is 5.06 Å². The van der Waals surface area contributed by atoms with Crippen LogP contribution in [0.25, 0.3) is 0 Å². The molecule has 7 nitrogen and oxygen atoms in total. The summed E-state index contributed by atoms with van der Waals surface area (Å²) in [6, 6.07) is 4.80. The Morgan fingerprint density at radius 2 is 2.11 bits per heavy atom. The first-order valence-electron chi connectivity index (χ1n) is 9.38. The van der Waals surface area contributed by atoms with Gasteiger partial charge in [-0.15, -0.1) is 0 Å². The van der Waals surface area contributed by atoms with E-state index in [1.807, 2.05) is 16.9 Å². The van der Waals surface area contributed by atoms with Crippen LogP contribution in [0.2, 0.25) is 0 Å². The summed E-state index contributed by atoms with van der Waals surface area (Å²) in [6.07, 6.45) is 0.00876. The largest absolute Gasteiger partial charge is 0.444 e. The molecule has 2 heterocycles. The molecule has 0 N–H and O–H groups in total. The van der Waals surface area contributed by atoms with Crippen LogP contribution < -0.4 is 9.80 Å². The number of ketones is 1. The van der Waals surface area contributed by atoms with Gasteiger partial charge in [-0.3, -0.25) is 9.74 Å². The molecule has 148 valence electrons. The minimum atomic E-state index is -0.502. The number of cyclic esters (lactones) is 1. The number of ether oxygens (including phenoxy) is 1. The van der Waals surface area contributed by atoms with Crippen molar-refractivity contribution in [2.45, 2.75) is 32.8 Å². The second kappa shape index (κ2) is 8.67. The molecule has 2 fully saturated rings. The lowest BCUT2D eigenvalue weighted by atomic mass is 10.1. The van der Waals surface area contributed by atoms with Crippen LogP contribution in [0.5, 0.6) is 0 Å². The molecular formula is C19H26FN3O4. The first-order chi connectivity index (χ1) is 13.0. The predicted molar refractivity (Wildman–Crippen MR) is 99.3 cm³/mol. The number of amides is 1. The Balaban J connectivity index is 1.67. The zero-order chi connectivity index (χ0) is 19.4. The van der Waals surface area contributed by atoms with Crippen molar-refractivity contribution in [3.05, 3.63) is 24.0 Å². The first-order valence-corrected chi connectivity index (χ1v) is 9.38. The molecule has 1 aromatic rings. The van der Waals surface area contributed by atoms with Crippen LogP contribution in [0.1, 0.15) is 26.7 Å². The van der Waals surface area contributed by atoms with E-state index in [9.17, 15) is 14.0 Å². The fourth-order valence-electron chi connectivity index (χ4n) is 3.35. The number of hydroxylamine groups is 2. The van der Waals surface area contributed by atoms with Crippen LogP contribution in [0.4, 0.5) is 20.6 Å². The van der Waals surface area contributed by atoms with Gasteiger partial charge in [0, 0.05) is 32.6 Å². The zero-order valence-electron chi connectivity index (χ0n) is 15.8. The van der Waals surface area contributed by atoms with Gasteiger partial charge in [0.05, 0.1) is 24.5 Å². The van der Waals surface area contributed by atoms with E-state index >= 15 is 0 Å². The van der Waals surface area contributed by atoms with Gasteiger partial charge < -0.3 is 14.4 Å². The molecule has 2 aliphatic heterocycles. The van der Waals surface area contributed by atoms with Gasteiger partial charge in [0.1, 0.15) is 17.7 Å². The Bertz CT molecular complexity index is 700. The molecule has 0 aromatic heterocycles. The van der Waals surface area contributed by atoms with Crippen molar-refractivity contribution in [3.63, 3.8) is 0 Å². The Kier molecular flexibility index (Phi) is 6.28. The lowest BCUT2D eigenvalue weighted by Gasteiger charge is -2.23. The van der Waals surface area contributed by atoms with Gasteiger partial charge in [-0.25, -0.2) is 9.18 Å². The van der Waals surface area contributed by atoms with Crippen LogP contribution >= 0.6 is 0 Å². The number of likely N-dealkylation sites (N-methyl/N-ethyl adjacent to an activating group) is 1. The lowest BCUT2D eigenvalue weighted by molar-refractivity contribution is -0.143. The SMILES string of the molecule is CCN1CCN(c2ccc(N3C[C@H](CCC(C)=O)OC3=O)cc2F)CCO1. The summed E-state index contributed by atoms with van der Waals surface area (Å²) >= 11 is 0. The van der Waals surface area contributed by atoms with Gasteiger partial charge in [0.2, 0.25) is 0 Å². The summed E-state index contributed by atoms with van der Waals surface area (Å²) < 4.78 is 20.0. The molecule has 2 aliphatic rings. The van der Waals surface area contributed by atoms with E-state index in [4.69, 9.17) is 9.57 Å². The smallest absolute Gasteiger partial charge is 0.414 e. The van der Waals surface area contributed by atoms with E-state index in [2.05, 4.69) is 0 Å². The molecule has 3 rings (SSSR count). The Morgan fingerprint density at radius 1 is 1.30 bits per heavy atom. The molecule has 0 unspecified atom stereocenters. The van der Waals surface area contributed by atoms with Gasteiger partial charge in [0.25, 0.3) is 0 Å². The highest BCUT2D eigenvalue weighted by molar-refractivity contribution is 5.90. The van der Waals surface area contributed by atoms with E-state index < -0.39 is 6.09 Å². The highest BCUT2D eigenvalue weighted by atomic mass is 19.1. The highest BCUT2D eigenvalue weighted by Crippen LogP contribution is 2.29. The summed E-state index contributed by atoms with van der Waals surface area (Å²) in [6.45, 7) is 7.12. The number of halogens is 1. The standard InChI is InChI=1S/C19H26FN3O4/c1-3-22-9-8-21(10-11-26-22)18-7-5-15(12-17(18)20)23-13-16(27-19(23)25)6-4-14(2)24/h5,7,12,16H,3-4,6,8-11,13H2,1-2H3/t16-/m0/s1. The predicted octanol–water partition coefficient (Wildman–Crippen LogP) is 2.59. The van der Waals surface area contributed by atoms with Crippen molar-refractivity contribution in [2.24, 2.45) is 0 Å². The van der Waals surface area contributed by atoms with Crippen LogP contribution in [0.3, 0.4) is 0 Å². The third-order valence-electron chi connectivity index (χ3n) is 4.88. The Hall–Kier alpha value is -2.19. The molecule has 1 aromatic carbocycles. The molecule has 1 atom stereocenters. The number of anilines is 2. The van der Waals surface area contributed by atoms with Crippen LogP contribution in [0, 0.1) is 5.82 Å². The number of nitrogens with zero attached hydrogens (tertiary/aromatic N) is 3. The topological polar surface area (TPSA) is 62.3 Å². The van der Waals surface area contributed by atoms with Gasteiger partial charge in [-0.05, 0) is 31.5 Å². The number of hydrogen-bond donors (Lipinski definition) is 0. The van der Waals surface area contributed by atoms with E-state index in [0.29, 0.717) is 57.0 Å². The number of rotatable bonds is 6. The summed E-state index contributed by atoms with van der Waals surface area (Å²) in [5, 5.41) is 1.87. The van der Waals surface area contributed by atoms with Crippen molar-refractivity contribution in [3.8, 4) is 0 Å². The average molecular weight is 379 g/mol. The summed E-state index contributed by atoms with van der Waals surface area (Å²) in [5.41, 5.74) is 0.967. The number of carbonyl (C=O) groups is 2. The molecule has 0 saturated carbocycles. The fraction of sp³-hybridized carbons (Fsp3) is 0.579. The molecular weight excluding hydrogens is 353 g/mol. The van der Waals surface area contributed by atoms with E-state index in [1.54, 1.807) is 12.1 Å². The Labute approximate surface area is 158 Å².